The predicted molar refractivity (Wildman–Crippen MR) is 221 cm³/mol. The normalized spacial score (nSPS) is 12.2. The molecule has 0 aliphatic heterocycles. The molecule has 6 rings (SSSR count). The van der Waals surface area contributed by atoms with Crippen LogP contribution in [0.25, 0.3) is 21.9 Å². The maximum Gasteiger partial charge on any atom is 1.00 e. The van der Waals surface area contributed by atoms with Gasteiger partial charge in [-0.25, -0.2) is 18.4 Å². The predicted octanol–water partition coefficient (Wildman–Crippen LogP) is 3.85. The van der Waals surface area contributed by atoms with Gasteiger partial charge in [0.1, 0.15) is 23.5 Å². The van der Waals surface area contributed by atoms with Crippen LogP contribution in [0.4, 0.5) is 5.82 Å². The van der Waals surface area contributed by atoms with Crippen molar-refractivity contribution in [3.63, 3.8) is 0 Å². The van der Waals surface area contributed by atoms with E-state index in [0.717, 1.165) is 44.5 Å². The maximum atomic E-state index is 10.4. The van der Waals surface area contributed by atoms with Crippen LogP contribution in [0, 0.1) is 0 Å². The van der Waals surface area contributed by atoms with E-state index < -0.39 is 21.5 Å². The fourth-order valence-electron chi connectivity index (χ4n) is 6.94. The van der Waals surface area contributed by atoms with Gasteiger partial charge in [0.25, 0.3) is 0 Å². The van der Waals surface area contributed by atoms with E-state index in [4.69, 9.17) is 33.7 Å². The second kappa shape index (κ2) is 22.2. The molecule has 6 aromatic rings. The van der Waals surface area contributed by atoms with E-state index in [1.54, 1.807) is 0 Å². The fraction of sp³-hybridized carbons (Fsp3) is 0.364. The Morgan fingerprint density at radius 2 is 1.15 bits per heavy atom. The quantitative estimate of drug-likeness (QED) is 0.0310. The van der Waals surface area contributed by atoms with Gasteiger partial charge in [0.05, 0.1) is 76.0 Å². The third kappa shape index (κ3) is 12.4. The summed E-state index contributed by atoms with van der Waals surface area (Å²) in [5.74, 6) is 1.41. The summed E-state index contributed by atoms with van der Waals surface area (Å²) in [7, 11) is -4.72. The molecule has 0 aliphatic rings. The zero-order valence-corrected chi connectivity index (χ0v) is 37.0. The molecule has 0 spiro atoms. The van der Waals surface area contributed by atoms with Crippen LogP contribution in [-0.4, -0.2) is 92.6 Å². The molecule has 0 saturated heterocycles. The van der Waals surface area contributed by atoms with Crippen molar-refractivity contribution in [3.05, 3.63) is 138 Å². The van der Waals surface area contributed by atoms with Gasteiger partial charge in [-0.05, 0) is 43.5 Å². The van der Waals surface area contributed by atoms with E-state index in [2.05, 4.69) is 107 Å². The number of benzene rings is 4. The average molecular weight is 835 g/mol. The molecule has 4 aromatic carbocycles. The average Bonchev–Trinajstić information content (AvgIpc) is 3.58. The first-order valence-electron chi connectivity index (χ1n) is 19.4. The number of imidazole rings is 1. The van der Waals surface area contributed by atoms with Gasteiger partial charge in [0.15, 0.2) is 5.82 Å². The monoisotopic (exact) mass is 834 g/mol. The van der Waals surface area contributed by atoms with E-state index in [0.29, 0.717) is 52.0 Å². The van der Waals surface area contributed by atoms with Crippen molar-refractivity contribution in [1.29, 1.82) is 0 Å². The molecule has 2 aromatic heterocycles. The molecule has 0 bridgehead atoms. The third-order valence-electron chi connectivity index (χ3n) is 9.48. The van der Waals surface area contributed by atoms with Gasteiger partial charge in [-0.1, -0.05) is 109 Å². The minimum Gasteiger partial charge on any atom is -0.726 e. The molecule has 59 heavy (non-hydrogen) atoms. The van der Waals surface area contributed by atoms with Crippen molar-refractivity contribution in [2.24, 2.45) is 0 Å². The maximum absolute atomic E-state index is 10.4. The standard InChI is InChI=1S/C44H52N4O9S.Na/c1-4-52-32-39-46-40-41(48(39)33-43(2,3)56-30-28-54-26-24-53-25-27-55-29-31-57-58(49,50)51)37-22-14-15-23-38(37)45-42(40)47-44(34-16-8-5-9-17-34,35-18-10-6-11-19-35)36-20-12-7-13-21-36;/h5-23H,4,24-33H2,1-3H3,(H,45,47)(H,49,50,51);/q;+1/p-1. The summed E-state index contributed by atoms with van der Waals surface area (Å²) in [5.41, 5.74) is 4.22. The van der Waals surface area contributed by atoms with Crippen molar-refractivity contribution in [2.45, 2.75) is 45.1 Å². The van der Waals surface area contributed by atoms with Gasteiger partial charge >= 0.3 is 29.6 Å². The minimum atomic E-state index is -4.72. The molecule has 0 fully saturated rings. The largest absolute Gasteiger partial charge is 1.00 e. The summed E-state index contributed by atoms with van der Waals surface area (Å²) in [6.45, 7) is 8.97. The van der Waals surface area contributed by atoms with Gasteiger partial charge < -0.3 is 38.1 Å². The second-order valence-corrected chi connectivity index (χ2v) is 15.1. The van der Waals surface area contributed by atoms with Gasteiger partial charge in [0.2, 0.25) is 10.4 Å². The van der Waals surface area contributed by atoms with Crippen LogP contribution >= 0.6 is 0 Å². The Morgan fingerprint density at radius 3 is 1.68 bits per heavy atom. The molecule has 0 radical (unpaired) electrons. The molecule has 308 valence electrons. The summed E-state index contributed by atoms with van der Waals surface area (Å²) in [6, 6.07) is 39.5. The number of hydrogen-bond donors (Lipinski definition) is 1. The van der Waals surface area contributed by atoms with Gasteiger partial charge in [0, 0.05) is 12.0 Å². The topological polar surface area (TPSA) is 155 Å². The number of fused-ring (bicyclic) bond motifs is 3. The van der Waals surface area contributed by atoms with Crippen molar-refractivity contribution >= 4 is 38.2 Å². The number of pyridine rings is 1. The molecular formula is C44H51N4NaO9S. The first-order chi connectivity index (χ1) is 28.1. The summed E-state index contributed by atoms with van der Waals surface area (Å²) in [6.07, 6.45) is 0. The minimum absolute atomic E-state index is 0. The number of rotatable bonds is 24. The molecule has 15 heteroatoms. The van der Waals surface area contributed by atoms with Crippen LogP contribution in [0.3, 0.4) is 0 Å². The first-order valence-corrected chi connectivity index (χ1v) is 20.7. The molecule has 0 amide bonds. The van der Waals surface area contributed by atoms with Gasteiger partial charge in [-0.2, -0.15) is 0 Å². The molecule has 0 aliphatic carbocycles. The van der Waals surface area contributed by atoms with Crippen LogP contribution in [0.15, 0.2) is 115 Å². The zero-order valence-electron chi connectivity index (χ0n) is 34.2. The number of anilines is 1. The van der Waals surface area contributed by atoms with Crippen molar-refractivity contribution < 1.29 is 70.4 Å². The Morgan fingerprint density at radius 1 is 0.661 bits per heavy atom. The molecular weight excluding hydrogens is 784 g/mol. The molecule has 13 nitrogen and oxygen atoms in total. The first kappa shape index (κ1) is 46.3. The summed E-state index contributed by atoms with van der Waals surface area (Å²) >= 11 is 0. The van der Waals surface area contributed by atoms with E-state index in [9.17, 15) is 13.0 Å². The SMILES string of the molecule is CCOCc1nc2c(NC(c3ccccc3)(c3ccccc3)c3ccccc3)nc3ccccc3c2n1CC(C)(C)OCCOCCOCCOCCOS(=O)(=O)[O-].[Na+]. The molecule has 2 heterocycles. The van der Waals surface area contributed by atoms with Crippen LogP contribution < -0.4 is 34.9 Å². The van der Waals surface area contributed by atoms with Crippen LogP contribution in [0.5, 0.6) is 0 Å². The van der Waals surface area contributed by atoms with E-state index in [1.165, 1.54) is 0 Å². The van der Waals surface area contributed by atoms with E-state index in [-0.39, 0.29) is 56.0 Å². The summed E-state index contributed by atoms with van der Waals surface area (Å²) < 4.78 is 66.5. The Labute approximate surface area is 368 Å². The second-order valence-electron chi connectivity index (χ2n) is 14.1. The number of ether oxygens (including phenoxy) is 5. The Kier molecular flexibility index (Phi) is 17.4. The Hall–Kier alpha value is -3.77. The molecule has 0 saturated carbocycles. The van der Waals surface area contributed by atoms with Crippen LogP contribution in [-0.2, 0) is 57.0 Å². The molecule has 0 unspecified atom stereocenters. The fourth-order valence-corrected chi connectivity index (χ4v) is 7.21. The number of nitrogens with one attached hydrogen (secondary N) is 1. The van der Waals surface area contributed by atoms with Gasteiger partial charge in [-0.15, -0.1) is 0 Å². The van der Waals surface area contributed by atoms with E-state index in [1.807, 2.05) is 43.3 Å². The zero-order chi connectivity index (χ0) is 40.9. The number of aromatic nitrogens is 3. The van der Waals surface area contributed by atoms with Crippen LogP contribution in [0.2, 0.25) is 0 Å². The summed E-state index contributed by atoms with van der Waals surface area (Å²) in [5, 5.41) is 4.96. The van der Waals surface area contributed by atoms with Crippen molar-refractivity contribution in [3.8, 4) is 0 Å². The molecule has 1 N–H and O–H groups in total. The number of nitrogens with zero attached hydrogens (tertiary/aromatic N) is 3. The Bertz CT molecular complexity index is 2200. The van der Waals surface area contributed by atoms with Crippen molar-refractivity contribution in [1.82, 2.24) is 14.5 Å². The number of para-hydroxylation sites is 1. The Balaban J connectivity index is 0.00000661. The van der Waals surface area contributed by atoms with Gasteiger partial charge in [-0.3, -0.25) is 4.18 Å². The summed E-state index contributed by atoms with van der Waals surface area (Å²) in [4.78, 5) is 10.6. The van der Waals surface area contributed by atoms with E-state index >= 15 is 0 Å². The number of hydrogen-bond acceptors (Lipinski definition) is 12. The van der Waals surface area contributed by atoms with Crippen LogP contribution in [0.1, 0.15) is 43.3 Å². The van der Waals surface area contributed by atoms with Crippen molar-refractivity contribution in [2.75, 3.05) is 64.8 Å². The smallest absolute Gasteiger partial charge is 0.726 e. The third-order valence-corrected chi connectivity index (χ3v) is 9.94. The molecule has 0 atom stereocenters.